The maximum absolute atomic E-state index is 13.7. The molecular formula is C31H23NO6. The third-order valence-corrected chi connectivity index (χ3v) is 6.12. The molecule has 0 saturated heterocycles. The lowest BCUT2D eigenvalue weighted by Gasteiger charge is -2.22. The Morgan fingerprint density at radius 1 is 0.763 bits per heavy atom. The molecule has 1 aromatic heterocycles. The summed E-state index contributed by atoms with van der Waals surface area (Å²) in [5.74, 6) is -0.195. The van der Waals surface area contributed by atoms with Gasteiger partial charge in [0.15, 0.2) is 0 Å². The number of para-hydroxylation sites is 1. The summed E-state index contributed by atoms with van der Waals surface area (Å²) in [7, 11) is 2.64. The van der Waals surface area contributed by atoms with E-state index in [1.54, 1.807) is 72.8 Å². The van der Waals surface area contributed by atoms with E-state index in [0.717, 1.165) is 11.1 Å². The summed E-state index contributed by atoms with van der Waals surface area (Å²) in [5.41, 5.74) is 3.75. The molecule has 0 fully saturated rings. The molecule has 0 atom stereocenters. The number of ether oxygens (including phenoxy) is 2. The first-order chi connectivity index (χ1) is 18.5. The van der Waals surface area contributed by atoms with E-state index in [2.05, 4.69) is 0 Å². The molecule has 0 spiro atoms. The summed E-state index contributed by atoms with van der Waals surface area (Å²) in [6, 6.07) is 26.7. The van der Waals surface area contributed by atoms with Crippen molar-refractivity contribution in [3.05, 3.63) is 125 Å². The summed E-state index contributed by atoms with van der Waals surface area (Å²) in [4.78, 5) is 39.4. The predicted molar refractivity (Wildman–Crippen MR) is 143 cm³/mol. The van der Waals surface area contributed by atoms with Gasteiger partial charge in [-0.1, -0.05) is 54.6 Å². The molecule has 0 radical (unpaired) electrons. The van der Waals surface area contributed by atoms with E-state index in [1.165, 1.54) is 19.1 Å². The van der Waals surface area contributed by atoms with Crippen LogP contribution in [0.15, 0.2) is 107 Å². The molecule has 0 aliphatic carbocycles. The number of esters is 2. The summed E-state index contributed by atoms with van der Waals surface area (Å²) in [6.07, 6.45) is 3.44. The molecule has 1 aliphatic heterocycles. The third kappa shape index (κ3) is 4.65. The fourth-order valence-corrected chi connectivity index (χ4v) is 4.25. The lowest BCUT2D eigenvalue weighted by atomic mass is 10.1. The second-order valence-electron chi connectivity index (χ2n) is 8.42. The van der Waals surface area contributed by atoms with Crippen molar-refractivity contribution in [3.63, 3.8) is 0 Å². The van der Waals surface area contributed by atoms with E-state index in [4.69, 9.17) is 13.9 Å². The van der Waals surface area contributed by atoms with Crippen LogP contribution in [0.4, 0.5) is 5.69 Å². The Morgan fingerprint density at radius 2 is 1.45 bits per heavy atom. The van der Waals surface area contributed by atoms with E-state index < -0.39 is 11.9 Å². The van der Waals surface area contributed by atoms with Crippen LogP contribution in [-0.2, 0) is 14.3 Å². The number of nitrogens with zero attached hydrogens (tertiary/aromatic N) is 1. The van der Waals surface area contributed by atoms with Crippen molar-refractivity contribution < 1.29 is 28.3 Å². The largest absolute Gasteiger partial charge is 0.465 e. The molecule has 4 aromatic rings. The van der Waals surface area contributed by atoms with Crippen molar-refractivity contribution >= 4 is 35.3 Å². The van der Waals surface area contributed by atoms with Crippen LogP contribution in [0, 0.1) is 0 Å². The zero-order valence-electron chi connectivity index (χ0n) is 20.7. The SMILES string of the molecule is COC(=O)c1ccc(-c2ccc(/C=C3\C=C(c4ccccc4)N(c4ccccc4C(=O)OC)C3=O)o2)cc1. The van der Waals surface area contributed by atoms with Gasteiger partial charge in [-0.3, -0.25) is 9.69 Å². The molecule has 1 aliphatic rings. The number of hydrogen-bond donors (Lipinski definition) is 0. The average molecular weight is 506 g/mol. The Hall–Kier alpha value is -5.17. The zero-order chi connectivity index (χ0) is 26.6. The topological polar surface area (TPSA) is 86.0 Å². The number of anilines is 1. The van der Waals surface area contributed by atoms with Gasteiger partial charge in [0.1, 0.15) is 11.5 Å². The molecule has 0 N–H and O–H groups in total. The van der Waals surface area contributed by atoms with Gasteiger partial charge in [0.2, 0.25) is 0 Å². The molecular weight excluding hydrogens is 482 g/mol. The highest BCUT2D eigenvalue weighted by Crippen LogP contribution is 2.37. The number of furan rings is 1. The summed E-state index contributed by atoms with van der Waals surface area (Å²) in [6.45, 7) is 0. The van der Waals surface area contributed by atoms with Gasteiger partial charge in [0, 0.05) is 11.1 Å². The molecule has 3 aromatic carbocycles. The smallest absolute Gasteiger partial charge is 0.339 e. The Labute approximate surface area is 219 Å². The van der Waals surface area contributed by atoms with Gasteiger partial charge in [-0.25, -0.2) is 9.59 Å². The highest BCUT2D eigenvalue weighted by atomic mass is 16.5. The number of carbonyl (C=O) groups is 3. The Balaban J connectivity index is 1.52. The Morgan fingerprint density at radius 3 is 2.16 bits per heavy atom. The van der Waals surface area contributed by atoms with Gasteiger partial charge in [-0.2, -0.15) is 0 Å². The minimum absolute atomic E-state index is 0.280. The van der Waals surface area contributed by atoms with Crippen LogP contribution < -0.4 is 4.90 Å². The number of amides is 1. The maximum atomic E-state index is 13.7. The quantitative estimate of drug-likeness (QED) is 0.236. The van der Waals surface area contributed by atoms with E-state index in [-0.39, 0.29) is 11.5 Å². The molecule has 0 unspecified atom stereocenters. The Bertz CT molecular complexity index is 1580. The standard InChI is InChI=1S/C31H23NO6/c1-36-30(34)22-14-12-21(13-15-22)28-17-16-24(38-28)18-23-19-27(20-8-4-3-5-9-20)32(29(23)33)26-11-7-6-10-25(26)31(35)37-2/h3-19H,1-2H3/b23-18+. The normalized spacial score (nSPS) is 13.9. The summed E-state index contributed by atoms with van der Waals surface area (Å²) < 4.78 is 15.7. The molecule has 0 saturated carbocycles. The van der Waals surface area contributed by atoms with Gasteiger partial charge in [-0.15, -0.1) is 0 Å². The van der Waals surface area contributed by atoms with Crippen molar-refractivity contribution in [1.82, 2.24) is 0 Å². The van der Waals surface area contributed by atoms with Crippen LogP contribution in [0.1, 0.15) is 32.0 Å². The molecule has 7 nitrogen and oxygen atoms in total. The van der Waals surface area contributed by atoms with Crippen LogP contribution in [0.25, 0.3) is 23.1 Å². The van der Waals surface area contributed by atoms with E-state index in [0.29, 0.717) is 34.0 Å². The van der Waals surface area contributed by atoms with Gasteiger partial charge in [0.05, 0.1) is 36.7 Å². The zero-order valence-corrected chi connectivity index (χ0v) is 20.7. The molecule has 188 valence electrons. The molecule has 2 heterocycles. The number of hydrogen-bond acceptors (Lipinski definition) is 6. The second-order valence-corrected chi connectivity index (χ2v) is 8.42. The molecule has 0 bridgehead atoms. The van der Waals surface area contributed by atoms with E-state index >= 15 is 0 Å². The van der Waals surface area contributed by atoms with Gasteiger partial charge >= 0.3 is 11.9 Å². The lowest BCUT2D eigenvalue weighted by molar-refractivity contribution is -0.113. The van der Waals surface area contributed by atoms with Crippen molar-refractivity contribution in [2.24, 2.45) is 0 Å². The monoisotopic (exact) mass is 505 g/mol. The molecule has 1 amide bonds. The first kappa shape index (κ1) is 24.5. The number of benzene rings is 3. The number of rotatable bonds is 6. The van der Waals surface area contributed by atoms with Crippen molar-refractivity contribution in [2.75, 3.05) is 19.1 Å². The molecule has 5 rings (SSSR count). The van der Waals surface area contributed by atoms with Gasteiger partial charge in [-0.05, 0) is 54.1 Å². The average Bonchev–Trinajstić information content (AvgIpc) is 3.57. The van der Waals surface area contributed by atoms with Gasteiger partial charge < -0.3 is 13.9 Å². The maximum Gasteiger partial charge on any atom is 0.339 e. The van der Waals surface area contributed by atoms with Crippen molar-refractivity contribution in [3.8, 4) is 11.3 Å². The van der Waals surface area contributed by atoms with Crippen LogP contribution in [0.2, 0.25) is 0 Å². The van der Waals surface area contributed by atoms with Gasteiger partial charge in [0.25, 0.3) is 5.91 Å². The lowest BCUT2D eigenvalue weighted by Crippen LogP contribution is -2.27. The second kappa shape index (κ2) is 10.4. The fourth-order valence-electron chi connectivity index (χ4n) is 4.25. The number of methoxy groups -OCH3 is 2. The van der Waals surface area contributed by atoms with Crippen LogP contribution in [0.3, 0.4) is 0 Å². The fraction of sp³-hybridized carbons (Fsp3) is 0.0645. The van der Waals surface area contributed by atoms with E-state index in [1.807, 2.05) is 30.3 Å². The minimum atomic E-state index is -0.535. The van der Waals surface area contributed by atoms with Crippen LogP contribution in [0.5, 0.6) is 0 Å². The van der Waals surface area contributed by atoms with Crippen molar-refractivity contribution in [1.29, 1.82) is 0 Å². The first-order valence-electron chi connectivity index (χ1n) is 11.8. The molecule has 38 heavy (non-hydrogen) atoms. The van der Waals surface area contributed by atoms with Crippen LogP contribution >= 0.6 is 0 Å². The summed E-state index contributed by atoms with van der Waals surface area (Å²) >= 11 is 0. The third-order valence-electron chi connectivity index (χ3n) is 6.12. The first-order valence-corrected chi connectivity index (χ1v) is 11.8. The highest BCUT2D eigenvalue weighted by molar-refractivity contribution is 6.24. The predicted octanol–water partition coefficient (Wildman–Crippen LogP) is 5.99. The van der Waals surface area contributed by atoms with Crippen molar-refractivity contribution in [2.45, 2.75) is 0 Å². The summed E-state index contributed by atoms with van der Waals surface area (Å²) in [5, 5.41) is 0. The van der Waals surface area contributed by atoms with E-state index in [9.17, 15) is 14.4 Å². The Kier molecular flexibility index (Phi) is 6.74. The number of carbonyl (C=O) groups excluding carboxylic acids is 3. The molecule has 7 heteroatoms. The van der Waals surface area contributed by atoms with Crippen LogP contribution in [-0.4, -0.2) is 32.1 Å². The minimum Gasteiger partial charge on any atom is -0.465 e. The highest BCUT2D eigenvalue weighted by Gasteiger charge is 2.33.